The predicted octanol–water partition coefficient (Wildman–Crippen LogP) is 3.73. The molecule has 0 fully saturated rings. The lowest BCUT2D eigenvalue weighted by Gasteiger charge is -2.22. The first kappa shape index (κ1) is 18.1. The van der Waals surface area contributed by atoms with E-state index in [1.165, 1.54) is 23.1 Å². The zero-order valence-electron chi connectivity index (χ0n) is 15.2. The topological polar surface area (TPSA) is 70.8 Å². The van der Waals surface area contributed by atoms with Crippen LogP contribution in [0.5, 0.6) is 0 Å². The summed E-state index contributed by atoms with van der Waals surface area (Å²) in [5, 5.41) is 11.2. The summed E-state index contributed by atoms with van der Waals surface area (Å²) in [7, 11) is 0. The van der Waals surface area contributed by atoms with Gasteiger partial charge in [-0.3, -0.25) is 9.59 Å². The molecule has 0 aliphatic carbocycles. The molecule has 1 atom stereocenters. The third-order valence-electron chi connectivity index (χ3n) is 4.90. The molecule has 1 aromatic heterocycles. The van der Waals surface area contributed by atoms with Gasteiger partial charge in [-0.2, -0.15) is 0 Å². The maximum Gasteiger partial charge on any atom is 0.264 e. The number of hydrogen-bond donors (Lipinski definition) is 1. The number of furan rings is 1. The van der Waals surface area contributed by atoms with Crippen LogP contribution in [-0.4, -0.2) is 16.8 Å². The predicted molar refractivity (Wildman–Crippen MR) is 100 cm³/mol. The standard InChI is InChI=1S/C22H18FNO4/c1-14-9-10-20(28-14)19(25)12-22(27)17-7-2-3-8-18(17)24(21(22)26)13-15-5-4-6-16(23)11-15/h2-11,27H,12-13H2,1H3/t22-/m1/s1. The number of ketones is 1. The number of para-hydroxylation sites is 1. The van der Waals surface area contributed by atoms with Crippen molar-refractivity contribution < 1.29 is 23.5 Å². The highest BCUT2D eigenvalue weighted by Gasteiger charge is 2.51. The molecule has 1 aliphatic heterocycles. The Balaban J connectivity index is 1.68. The Bertz CT molecular complexity index is 1070. The van der Waals surface area contributed by atoms with Crippen molar-refractivity contribution in [2.45, 2.75) is 25.5 Å². The highest BCUT2D eigenvalue weighted by Crippen LogP contribution is 2.43. The van der Waals surface area contributed by atoms with E-state index in [1.807, 2.05) is 0 Å². The number of aliphatic hydroxyl groups is 1. The van der Waals surface area contributed by atoms with Crippen molar-refractivity contribution in [3.05, 3.63) is 89.1 Å². The molecule has 3 aromatic rings. The molecule has 1 aliphatic rings. The molecule has 0 bridgehead atoms. The Hall–Kier alpha value is -3.25. The van der Waals surface area contributed by atoms with Gasteiger partial charge in [0.1, 0.15) is 11.6 Å². The third-order valence-corrected chi connectivity index (χ3v) is 4.90. The minimum absolute atomic E-state index is 0.0873. The van der Waals surface area contributed by atoms with Crippen LogP contribution in [0.4, 0.5) is 10.1 Å². The summed E-state index contributed by atoms with van der Waals surface area (Å²) in [4.78, 5) is 27.1. The second kappa shape index (κ2) is 6.73. The molecule has 142 valence electrons. The lowest BCUT2D eigenvalue weighted by molar-refractivity contribution is -0.136. The molecule has 28 heavy (non-hydrogen) atoms. The monoisotopic (exact) mass is 379 g/mol. The maximum atomic E-state index is 13.5. The van der Waals surface area contributed by atoms with Crippen molar-refractivity contribution in [3.8, 4) is 0 Å². The lowest BCUT2D eigenvalue weighted by atomic mass is 9.89. The number of benzene rings is 2. The summed E-state index contributed by atoms with van der Waals surface area (Å²) in [6.45, 7) is 1.80. The number of carbonyl (C=O) groups excluding carboxylic acids is 2. The van der Waals surface area contributed by atoms with Crippen LogP contribution in [0.15, 0.2) is 65.1 Å². The van der Waals surface area contributed by atoms with Gasteiger partial charge in [-0.05, 0) is 42.8 Å². The summed E-state index contributed by atoms with van der Waals surface area (Å²) >= 11 is 0. The number of hydrogen-bond acceptors (Lipinski definition) is 4. The Morgan fingerprint density at radius 3 is 2.64 bits per heavy atom. The van der Waals surface area contributed by atoms with Gasteiger partial charge in [0, 0.05) is 5.56 Å². The molecular weight excluding hydrogens is 361 g/mol. The number of nitrogens with zero attached hydrogens (tertiary/aromatic N) is 1. The average molecular weight is 379 g/mol. The van der Waals surface area contributed by atoms with Gasteiger partial charge in [0.05, 0.1) is 18.7 Å². The van der Waals surface area contributed by atoms with Gasteiger partial charge >= 0.3 is 0 Å². The fraction of sp³-hybridized carbons (Fsp3) is 0.182. The maximum absolute atomic E-state index is 13.5. The van der Waals surface area contributed by atoms with Crippen LogP contribution in [0.1, 0.15) is 33.9 Å². The van der Waals surface area contributed by atoms with E-state index in [1.54, 1.807) is 49.4 Å². The molecule has 5 nitrogen and oxygen atoms in total. The van der Waals surface area contributed by atoms with Gasteiger partial charge in [-0.15, -0.1) is 0 Å². The quantitative estimate of drug-likeness (QED) is 0.686. The summed E-state index contributed by atoms with van der Waals surface area (Å²) in [5.74, 6) is -0.821. The molecule has 1 amide bonds. The molecule has 0 spiro atoms. The van der Waals surface area contributed by atoms with Gasteiger partial charge in [-0.1, -0.05) is 30.3 Å². The summed E-state index contributed by atoms with van der Waals surface area (Å²) in [6, 6.07) is 15.9. The van der Waals surface area contributed by atoms with Crippen molar-refractivity contribution in [1.82, 2.24) is 0 Å². The van der Waals surface area contributed by atoms with Crippen molar-refractivity contribution in [2.24, 2.45) is 0 Å². The van der Waals surface area contributed by atoms with E-state index in [0.717, 1.165) is 0 Å². The first-order valence-corrected chi connectivity index (χ1v) is 8.86. The Morgan fingerprint density at radius 1 is 1.14 bits per heavy atom. The van der Waals surface area contributed by atoms with Crippen LogP contribution in [0, 0.1) is 12.7 Å². The number of rotatable bonds is 5. The smallest absolute Gasteiger partial charge is 0.264 e. The largest absolute Gasteiger partial charge is 0.458 e. The van der Waals surface area contributed by atoms with E-state index in [9.17, 15) is 19.1 Å². The fourth-order valence-corrected chi connectivity index (χ4v) is 3.56. The van der Waals surface area contributed by atoms with Crippen LogP contribution in [0.2, 0.25) is 0 Å². The summed E-state index contributed by atoms with van der Waals surface area (Å²) in [5.41, 5.74) is -0.557. The van der Waals surface area contributed by atoms with E-state index in [0.29, 0.717) is 22.6 Å². The first-order valence-electron chi connectivity index (χ1n) is 8.86. The van der Waals surface area contributed by atoms with Crippen LogP contribution in [0.25, 0.3) is 0 Å². The normalized spacial score (nSPS) is 18.4. The lowest BCUT2D eigenvalue weighted by Crippen LogP contribution is -2.41. The molecule has 0 unspecified atom stereocenters. The number of amides is 1. The second-order valence-electron chi connectivity index (χ2n) is 6.91. The minimum Gasteiger partial charge on any atom is -0.458 e. The van der Waals surface area contributed by atoms with E-state index in [2.05, 4.69) is 0 Å². The summed E-state index contributed by atoms with van der Waals surface area (Å²) in [6.07, 6.45) is -0.435. The molecule has 4 rings (SSSR count). The van der Waals surface area contributed by atoms with Gasteiger partial charge in [0.25, 0.3) is 5.91 Å². The van der Waals surface area contributed by atoms with E-state index < -0.39 is 29.5 Å². The highest BCUT2D eigenvalue weighted by atomic mass is 19.1. The zero-order valence-corrected chi connectivity index (χ0v) is 15.2. The van der Waals surface area contributed by atoms with Crippen molar-refractivity contribution >= 4 is 17.4 Å². The molecule has 0 saturated heterocycles. The van der Waals surface area contributed by atoms with Crippen LogP contribution < -0.4 is 4.90 Å². The molecule has 2 aromatic carbocycles. The fourth-order valence-electron chi connectivity index (χ4n) is 3.56. The van der Waals surface area contributed by atoms with Crippen LogP contribution in [0.3, 0.4) is 0 Å². The molecule has 6 heteroatoms. The van der Waals surface area contributed by atoms with E-state index in [-0.39, 0.29) is 12.3 Å². The Kier molecular flexibility index (Phi) is 4.35. The number of Topliss-reactive ketones (excluding diaryl/α,β-unsaturated/α-hetero) is 1. The Labute approximate surface area is 161 Å². The van der Waals surface area contributed by atoms with Gasteiger partial charge < -0.3 is 14.4 Å². The molecule has 0 radical (unpaired) electrons. The van der Waals surface area contributed by atoms with Gasteiger partial charge in [-0.25, -0.2) is 4.39 Å². The third kappa shape index (κ3) is 3.01. The van der Waals surface area contributed by atoms with Gasteiger partial charge in [0.15, 0.2) is 11.4 Å². The minimum atomic E-state index is -2.00. The average Bonchev–Trinajstić information content (AvgIpc) is 3.19. The van der Waals surface area contributed by atoms with Crippen LogP contribution in [-0.2, 0) is 16.9 Å². The number of aryl methyl sites for hydroxylation is 1. The van der Waals surface area contributed by atoms with Crippen LogP contribution >= 0.6 is 0 Å². The van der Waals surface area contributed by atoms with Crippen molar-refractivity contribution in [1.29, 1.82) is 0 Å². The molecular formula is C22H18FNO4. The van der Waals surface area contributed by atoms with E-state index in [4.69, 9.17) is 4.42 Å². The van der Waals surface area contributed by atoms with Crippen molar-refractivity contribution in [2.75, 3.05) is 4.90 Å². The van der Waals surface area contributed by atoms with Gasteiger partial charge in [0.2, 0.25) is 5.78 Å². The number of anilines is 1. The molecule has 2 heterocycles. The van der Waals surface area contributed by atoms with E-state index >= 15 is 0 Å². The number of halogens is 1. The van der Waals surface area contributed by atoms with Crippen molar-refractivity contribution in [3.63, 3.8) is 0 Å². The SMILES string of the molecule is Cc1ccc(C(=O)C[C@]2(O)C(=O)N(Cc3cccc(F)c3)c3ccccc32)o1. The first-order chi connectivity index (χ1) is 13.4. The zero-order chi connectivity index (χ0) is 19.9. The molecule has 0 saturated carbocycles. The Morgan fingerprint density at radius 2 is 1.93 bits per heavy atom. The second-order valence-corrected chi connectivity index (χ2v) is 6.91. The number of fused-ring (bicyclic) bond motifs is 1. The number of carbonyl (C=O) groups is 2. The highest BCUT2D eigenvalue weighted by molar-refractivity contribution is 6.10. The molecule has 1 N–H and O–H groups in total. The summed E-state index contributed by atoms with van der Waals surface area (Å²) < 4.78 is 18.9.